The molecule has 2 aliphatic rings. The van der Waals surface area contributed by atoms with Crippen molar-refractivity contribution in [2.45, 2.75) is 13.0 Å². The first-order valence-electron chi connectivity index (χ1n) is 5.16. The van der Waals surface area contributed by atoms with Crippen LogP contribution >= 0.6 is 0 Å². The van der Waals surface area contributed by atoms with Gasteiger partial charge in [-0.1, -0.05) is 30.3 Å². The van der Waals surface area contributed by atoms with Crippen molar-refractivity contribution in [3.8, 4) is 0 Å². The average Bonchev–Trinajstić information content (AvgIpc) is 3.01. The molecule has 3 rings (SSSR count). The Hall–Kier alpha value is -1.64. The van der Waals surface area contributed by atoms with E-state index in [1.54, 1.807) is 0 Å². The van der Waals surface area contributed by atoms with Gasteiger partial charge in [0, 0.05) is 0 Å². The molecule has 1 aliphatic carbocycles. The summed E-state index contributed by atoms with van der Waals surface area (Å²) in [5.41, 5.74) is 1.01. The van der Waals surface area contributed by atoms with E-state index in [9.17, 15) is 9.59 Å². The molecule has 1 saturated carbocycles. The van der Waals surface area contributed by atoms with E-state index in [2.05, 4.69) is 0 Å². The molecule has 3 heteroatoms. The number of nitrogens with zero attached hydrogens (tertiary/aromatic N) is 1. The number of hydrogen-bond donors (Lipinski definition) is 0. The lowest BCUT2D eigenvalue weighted by Crippen LogP contribution is -2.32. The summed E-state index contributed by atoms with van der Waals surface area (Å²) in [4.78, 5) is 24.7. The summed E-state index contributed by atoms with van der Waals surface area (Å²) in [6.07, 6.45) is 0.781. The van der Waals surface area contributed by atoms with Crippen LogP contribution in [0.1, 0.15) is 12.0 Å². The van der Waals surface area contributed by atoms with Crippen LogP contribution in [-0.4, -0.2) is 16.7 Å². The fourth-order valence-electron chi connectivity index (χ4n) is 2.17. The van der Waals surface area contributed by atoms with E-state index < -0.39 is 0 Å². The van der Waals surface area contributed by atoms with Crippen LogP contribution in [0.15, 0.2) is 30.3 Å². The molecule has 2 atom stereocenters. The van der Waals surface area contributed by atoms with Gasteiger partial charge in [0.15, 0.2) is 0 Å². The van der Waals surface area contributed by atoms with Gasteiger partial charge >= 0.3 is 0 Å². The second kappa shape index (κ2) is 2.92. The van der Waals surface area contributed by atoms with Crippen LogP contribution in [0, 0.1) is 11.8 Å². The molecule has 0 radical (unpaired) electrons. The van der Waals surface area contributed by atoms with Gasteiger partial charge in [-0.3, -0.25) is 14.5 Å². The molecule has 0 unspecified atom stereocenters. The fraction of sp³-hybridized carbons (Fsp3) is 0.333. The maximum absolute atomic E-state index is 11.7. The largest absolute Gasteiger partial charge is 0.278 e. The molecule has 76 valence electrons. The standard InChI is InChI=1S/C12H11NO2/c14-11-9-6-10(9)12(15)13(11)7-8-4-2-1-3-5-8/h1-5,9-10H,6-7H2/t9-,10-/m0/s1. The highest BCUT2D eigenvalue weighted by Gasteiger charge is 2.58. The summed E-state index contributed by atoms with van der Waals surface area (Å²) < 4.78 is 0. The van der Waals surface area contributed by atoms with Crippen molar-refractivity contribution in [2.75, 3.05) is 0 Å². The van der Waals surface area contributed by atoms with Gasteiger partial charge in [0.25, 0.3) is 0 Å². The summed E-state index contributed by atoms with van der Waals surface area (Å²) >= 11 is 0. The van der Waals surface area contributed by atoms with E-state index in [0.29, 0.717) is 6.54 Å². The highest BCUT2D eigenvalue weighted by molar-refractivity contribution is 6.08. The summed E-state index contributed by atoms with van der Waals surface area (Å²) in [5, 5.41) is 0. The minimum atomic E-state index is 0.0150. The Morgan fingerprint density at radius 1 is 1.07 bits per heavy atom. The average molecular weight is 201 g/mol. The first-order chi connectivity index (χ1) is 7.27. The van der Waals surface area contributed by atoms with Gasteiger partial charge in [0.05, 0.1) is 18.4 Å². The van der Waals surface area contributed by atoms with Crippen molar-refractivity contribution in [1.82, 2.24) is 4.90 Å². The molecule has 0 bridgehead atoms. The zero-order chi connectivity index (χ0) is 10.4. The number of likely N-dealkylation sites (tertiary alicyclic amines) is 1. The minimum absolute atomic E-state index is 0.0150. The molecule has 1 saturated heterocycles. The van der Waals surface area contributed by atoms with Crippen LogP contribution in [-0.2, 0) is 16.1 Å². The van der Waals surface area contributed by atoms with Crippen LogP contribution in [0.3, 0.4) is 0 Å². The van der Waals surface area contributed by atoms with E-state index in [1.165, 1.54) is 4.90 Å². The van der Waals surface area contributed by atoms with Gasteiger partial charge in [0.2, 0.25) is 11.8 Å². The van der Waals surface area contributed by atoms with Gasteiger partial charge < -0.3 is 0 Å². The molecule has 2 amide bonds. The number of piperidine rings is 1. The number of imide groups is 1. The molecule has 1 aromatic carbocycles. The first-order valence-corrected chi connectivity index (χ1v) is 5.16. The van der Waals surface area contributed by atoms with Crippen molar-refractivity contribution >= 4 is 11.8 Å². The molecule has 0 spiro atoms. The van der Waals surface area contributed by atoms with Gasteiger partial charge in [0.1, 0.15) is 0 Å². The molecular formula is C12H11NO2. The number of fused-ring (bicyclic) bond motifs is 1. The van der Waals surface area contributed by atoms with E-state index in [-0.39, 0.29) is 23.7 Å². The normalized spacial score (nSPS) is 28.1. The second-order valence-corrected chi connectivity index (χ2v) is 4.20. The smallest absolute Gasteiger partial charge is 0.233 e. The van der Waals surface area contributed by atoms with Crippen molar-refractivity contribution in [1.29, 1.82) is 0 Å². The van der Waals surface area contributed by atoms with Crippen LogP contribution in [0.2, 0.25) is 0 Å². The predicted molar refractivity (Wildman–Crippen MR) is 53.6 cm³/mol. The highest BCUT2D eigenvalue weighted by atomic mass is 16.2. The van der Waals surface area contributed by atoms with Crippen LogP contribution in [0.25, 0.3) is 0 Å². The Labute approximate surface area is 87.7 Å². The van der Waals surface area contributed by atoms with E-state index in [1.807, 2.05) is 30.3 Å². The topological polar surface area (TPSA) is 37.4 Å². The lowest BCUT2D eigenvalue weighted by Gasteiger charge is -2.15. The highest BCUT2D eigenvalue weighted by Crippen LogP contribution is 2.47. The Kier molecular flexibility index (Phi) is 1.69. The number of carbonyl (C=O) groups is 2. The molecular weight excluding hydrogens is 190 g/mol. The Balaban J connectivity index is 1.79. The third-order valence-electron chi connectivity index (χ3n) is 3.14. The lowest BCUT2D eigenvalue weighted by atomic mass is 10.2. The molecule has 1 aromatic rings. The SMILES string of the molecule is O=C1[C@H]2C[C@@H]2C(=O)N1Cc1ccccc1. The first kappa shape index (κ1) is 8.65. The second-order valence-electron chi connectivity index (χ2n) is 4.20. The van der Waals surface area contributed by atoms with E-state index in [0.717, 1.165) is 12.0 Å². The van der Waals surface area contributed by atoms with Gasteiger partial charge in [-0.05, 0) is 12.0 Å². The Bertz CT molecular complexity index is 407. The van der Waals surface area contributed by atoms with Crippen LogP contribution < -0.4 is 0 Å². The molecule has 2 fully saturated rings. The van der Waals surface area contributed by atoms with Crippen LogP contribution in [0.4, 0.5) is 0 Å². The Morgan fingerprint density at radius 3 is 2.27 bits per heavy atom. The van der Waals surface area contributed by atoms with Crippen molar-refractivity contribution in [2.24, 2.45) is 11.8 Å². The van der Waals surface area contributed by atoms with E-state index >= 15 is 0 Å². The number of amides is 2. The molecule has 0 aromatic heterocycles. The third kappa shape index (κ3) is 1.27. The van der Waals surface area contributed by atoms with Crippen LogP contribution in [0.5, 0.6) is 0 Å². The van der Waals surface area contributed by atoms with Crippen molar-refractivity contribution in [3.05, 3.63) is 35.9 Å². The predicted octanol–water partition coefficient (Wildman–Crippen LogP) is 1.19. The van der Waals surface area contributed by atoms with Crippen molar-refractivity contribution in [3.63, 3.8) is 0 Å². The van der Waals surface area contributed by atoms with Crippen molar-refractivity contribution < 1.29 is 9.59 Å². The minimum Gasteiger partial charge on any atom is -0.278 e. The molecule has 3 nitrogen and oxygen atoms in total. The molecule has 15 heavy (non-hydrogen) atoms. The summed E-state index contributed by atoms with van der Waals surface area (Å²) in [7, 11) is 0. The lowest BCUT2D eigenvalue weighted by molar-refractivity contribution is -0.142. The number of hydrogen-bond acceptors (Lipinski definition) is 2. The maximum atomic E-state index is 11.7. The summed E-state index contributed by atoms with van der Waals surface area (Å²) in [6.45, 7) is 0.436. The zero-order valence-corrected chi connectivity index (χ0v) is 8.22. The zero-order valence-electron chi connectivity index (χ0n) is 8.22. The maximum Gasteiger partial charge on any atom is 0.233 e. The fourth-order valence-corrected chi connectivity index (χ4v) is 2.17. The summed E-state index contributed by atoms with van der Waals surface area (Å²) in [5.74, 6) is 0.0742. The monoisotopic (exact) mass is 201 g/mol. The Morgan fingerprint density at radius 2 is 1.67 bits per heavy atom. The van der Waals surface area contributed by atoms with Gasteiger partial charge in [-0.15, -0.1) is 0 Å². The third-order valence-corrected chi connectivity index (χ3v) is 3.14. The van der Waals surface area contributed by atoms with Gasteiger partial charge in [-0.25, -0.2) is 0 Å². The molecule has 0 N–H and O–H groups in total. The molecule has 1 heterocycles. The quantitative estimate of drug-likeness (QED) is 0.674. The number of rotatable bonds is 2. The number of benzene rings is 1. The number of carbonyl (C=O) groups excluding carboxylic acids is 2. The van der Waals surface area contributed by atoms with Gasteiger partial charge in [-0.2, -0.15) is 0 Å². The van der Waals surface area contributed by atoms with E-state index in [4.69, 9.17) is 0 Å². The summed E-state index contributed by atoms with van der Waals surface area (Å²) in [6, 6.07) is 9.63. The molecule has 1 aliphatic heterocycles.